The second-order valence-electron chi connectivity index (χ2n) is 8.49. The van der Waals surface area contributed by atoms with Crippen LogP contribution in [0.25, 0.3) is 5.76 Å². The summed E-state index contributed by atoms with van der Waals surface area (Å²) < 4.78 is 11.3. The first-order chi connectivity index (χ1) is 16.5. The van der Waals surface area contributed by atoms with Crippen LogP contribution in [0.4, 0.5) is 0 Å². The maximum Gasteiger partial charge on any atom is 0.295 e. The minimum absolute atomic E-state index is 0.0327. The van der Waals surface area contributed by atoms with Crippen LogP contribution in [-0.2, 0) is 22.6 Å². The number of methoxy groups -OCH3 is 1. The second-order valence-corrected chi connectivity index (χ2v) is 8.49. The predicted molar refractivity (Wildman–Crippen MR) is 125 cm³/mol. The molecule has 1 fully saturated rings. The first-order valence-corrected chi connectivity index (χ1v) is 11.1. The highest BCUT2D eigenvalue weighted by molar-refractivity contribution is 6.46. The van der Waals surface area contributed by atoms with Gasteiger partial charge in [0.15, 0.2) is 0 Å². The van der Waals surface area contributed by atoms with Crippen LogP contribution in [0.5, 0.6) is 11.5 Å². The van der Waals surface area contributed by atoms with Crippen LogP contribution in [0.1, 0.15) is 35.2 Å². The lowest BCUT2D eigenvalue weighted by atomic mass is 9.93. The number of carbonyl (C=O) groups is 2. The number of aliphatic hydroxyl groups is 1. The number of aliphatic hydroxyl groups excluding tert-OH is 1. The number of hydrogen-bond donors (Lipinski definition) is 1. The van der Waals surface area contributed by atoms with E-state index >= 15 is 0 Å². The molecule has 2 aliphatic heterocycles. The zero-order chi connectivity index (χ0) is 23.8. The molecule has 5 rings (SSSR count). The van der Waals surface area contributed by atoms with E-state index in [9.17, 15) is 14.7 Å². The van der Waals surface area contributed by atoms with Crippen LogP contribution in [0.2, 0.25) is 0 Å². The number of carbonyl (C=O) groups excluding carboxylic acids is 2. The van der Waals surface area contributed by atoms with Gasteiger partial charge < -0.3 is 19.5 Å². The molecule has 1 saturated heterocycles. The van der Waals surface area contributed by atoms with Crippen LogP contribution in [-0.4, -0.2) is 39.9 Å². The third-order valence-electron chi connectivity index (χ3n) is 6.22. The molecule has 172 valence electrons. The van der Waals surface area contributed by atoms with Crippen molar-refractivity contribution in [2.24, 2.45) is 0 Å². The molecule has 2 aliphatic rings. The molecule has 3 heterocycles. The standard InChI is InChI=1S/C27H24N2O5/c1-16-12-19-13-18(9-10-21(19)34-16)25(30)23-24(20-7-3-4-8-22(20)33-2)29(27(32)26(23)31)15-17-6-5-11-28-14-17/h3-11,13-14,16,24,30H,12,15H2,1-2H3. The average Bonchev–Trinajstić information content (AvgIpc) is 3.35. The fourth-order valence-electron chi connectivity index (χ4n) is 4.67. The van der Waals surface area contributed by atoms with Crippen LogP contribution >= 0.6 is 0 Å². The predicted octanol–water partition coefficient (Wildman–Crippen LogP) is 4.04. The SMILES string of the molecule is COc1ccccc1C1C(=C(O)c2ccc3c(c2)CC(C)O3)C(=O)C(=O)N1Cc1cccnc1. The van der Waals surface area contributed by atoms with Crippen molar-refractivity contribution in [3.63, 3.8) is 0 Å². The molecule has 1 N–H and O–H groups in total. The molecule has 0 spiro atoms. The van der Waals surface area contributed by atoms with Crippen molar-refractivity contribution >= 4 is 17.4 Å². The summed E-state index contributed by atoms with van der Waals surface area (Å²) in [6, 6.07) is 15.3. The molecular weight excluding hydrogens is 432 g/mol. The van der Waals surface area contributed by atoms with Gasteiger partial charge in [0, 0.05) is 36.5 Å². The lowest BCUT2D eigenvalue weighted by Gasteiger charge is -2.26. The van der Waals surface area contributed by atoms with Crippen molar-refractivity contribution in [1.82, 2.24) is 9.88 Å². The summed E-state index contributed by atoms with van der Waals surface area (Å²) in [5.41, 5.74) is 2.84. The van der Waals surface area contributed by atoms with Gasteiger partial charge in [-0.15, -0.1) is 0 Å². The zero-order valence-corrected chi connectivity index (χ0v) is 18.9. The van der Waals surface area contributed by atoms with E-state index in [2.05, 4.69) is 4.98 Å². The van der Waals surface area contributed by atoms with Crippen molar-refractivity contribution in [1.29, 1.82) is 0 Å². The average molecular weight is 456 g/mol. The molecule has 2 unspecified atom stereocenters. The Morgan fingerprint density at radius 1 is 1.18 bits per heavy atom. The largest absolute Gasteiger partial charge is 0.507 e. The molecule has 7 heteroatoms. The van der Waals surface area contributed by atoms with Gasteiger partial charge in [-0.3, -0.25) is 14.6 Å². The van der Waals surface area contributed by atoms with Crippen LogP contribution < -0.4 is 9.47 Å². The fourth-order valence-corrected chi connectivity index (χ4v) is 4.67. The lowest BCUT2D eigenvalue weighted by molar-refractivity contribution is -0.140. The van der Waals surface area contributed by atoms with E-state index in [4.69, 9.17) is 9.47 Å². The number of pyridine rings is 1. The molecule has 0 saturated carbocycles. The Morgan fingerprint density at radius 2 is 2.00 bits per heavy atom. The molecule has 1 aromatic heterocycles. The minimum atomic E-state index is -0.820. The van der Waals surface area contributed by atoms with Gasteiger partial charge in [0.1, 0.15) is 23.4 Å². The summed E-state index contributed by atoms with van der Waals surface area (Å²) in [6.45, 7) is 2.14. The summed E-state index contributed by atoms with van der Waals surface area (Å²) in [4.78, 5) is 32.1. The van der Waals surface area contributed by atoms with Crippen molar-refractivity contribution < 1.29 is 24.2 Å². The number of likely N-dealkylation sites (tertiary alicyclic amines) is 1. The maximum atomic E-state index is 13.3. The van der Waals surface area contributed by atoms with Gasteiger partial charge in [0.2, 0.25) is 0 Å². The van der Waals surface area contributed by atoms with E-state index in [0.717, 1.165) is 16.9 Å². The number of fused-ring (bicyclic) bond motifs is 1. The first kappa shape index (κ1) is 21.7. The highest BCUT2D eigenvalue weighted by atomic mass is 16.5. The molecule has 2 atom stereocenters. The number of rotatable bonds is 5. The number of para-hydroxylation sites is 1. The summed E-state index contributed by atoms with van der Waals surface area (Å²) >= 11 is 0. The summed E-state index contributed by atoms with van der Waals surface area (Å²) in [6.07, 6.45) is 4.06. The monoisotopic (exact) mass is 456 g/mol. The normalized spacial score (nSPS) is 20.8. The van der Waals surface area contributed by atoms with Gasteiger partial charge in [-0.25, -0.2) is 0 Å². The third kappa shape index (κ3) is 3.69. The number of Topliss-reactive ketones (excluding diaryl/α,β-unsaturated/α-hetero) is 1. The van der Waals surface area contributed by atoms with Crippen molar-refractivity contribution in [2.75, 3.05) is 7.11 Å². The maximum absolute atomic E-state index is 13.3. The quantitative estimate of drug-likeness (QED) is 0.354. The Morgan fingerprint density at radius 3 is 2.76 bits per heavy atom. The van der Waals surface area contributed by atoms with Crippen molar-refractivity contribution in [2.45, 2.75) is 32.0 Å². The molecule has 3 aromatic rings. The Bertz CT molecular complexity index is 1300. The van der Waals surface area contributed by atoms with E-state index in [1.807, 2.05) is 31.2 Å². The second kappa shape index (κ2) is 8.67. The zero-order valence-electron chi connectivity index (χ0n) is 18.9. The van der Waals surface area contributed by atoms with Crippen molar-refractivity contribution in [3.05, 3.63) is 94.8 Å². The first-order valence-electron chi connectivity index (χ1n) is 11.1. The molecule has 2 aromatic carbocycles. The van der Waals surface area contributed by atoms with Gasteiger partial charge >= 0.3 is 0 Å². The van der Waals surface area contributed by atoms with Crippen LogP contribution in [0.3, 0.4) is 0 Å². The van der Waals surface area contributed by atoms with E-state index in [1.165, 1.54) is 12.0 Å². The number of ether oxygens (including phenoxy) is 2. The highest BCUT2D eigenvalue weighted by Gasteiger charge is 2.47. The summed E-state index contributed by atoms with van der Waals surface area (Å²) in [5.74, 6) is -0.345. The Balaban J connectivity index is 1.66. The van der Waals surface area contributed by atoms with Gasteiger partial charge in [0.05, 0.1) is 18.7 Å². The molecule has 34 heavy (non-hydrogen) atoms. The minimum Gasteiger partial charge on any atom is -0.507 e. The number of nitrogens with zero attached hydrogens (tertiary/aromatic N) is 2. The molecule has 0 aliphatic carbocycles. The number of hydrogen-bond acceptors (Lipinski definition) is 6. The molecule has 0 bridgehead atoms. The lowest BCUT2D eigenvalue weighted by Crippen LogP contribution is -2.29. The number of amides is 1. The topological polar surface area (TPSA) is 89.0 Å². The smallest absolute Gasteiger partial charge is 0.295 e. The molecule has 7 nitrogen and oxygen atoms in total. The van der Waals surface area contributed by atoms with Crippen LogP contribution in [0.15, 0.2) is 72.6 Å². The van der Waals surface area contributed by atoms with E-state index in [1.54, 1.807) is 42.7 Å². The van der Waals surface area contributed by atoms with Gasteiger partial charge in [-0.1, -0.05) is 24.3 Å². The van der Waals surface area contributed by atoms with E-state index in [-0.39, 0.29) is 24.0 Å². The fraction of sp³-hybridized carbons (Fsp3) is 0.222. The molecular formula is C27H24N2O5. The van der Waals surface area contributed by atoms with E-state index < -0.39 is 17.7 Å². The molecule has 0 radical (unpaired) electrons. The summed E-state index contributed by atoms with van der Waals surface area (Å²) in [7, 11) is 1.54. The van der Waals surface area contributed by atoms with Gasteiger partial charge in [-0.2, -0.15) is 0 Å². The highest BCUT2D eigenvalue weighted by Crippen LogP contribution is 2.44. The van der Waals surface area contributed by atoms with Gasteiger partial charge in [0.25, 0.3) is 11.7 Å². The Labute approximate surface area is 197 Å². The Hall–Kier alpha value is -4.13. The van der Waals surface area contributed by atoms with Gasteiger partial charge in [-0.05, 0) is 48.4 Å². The summed E-state index contributed by atoms with van der Waals surface area (Å²) in [5, 5.41) is 11.4. The number of benzene rings is 2. The Kier molecular flexibility index (Phi) is 5.53. The van der Waals surface area contributed by atoms with E-state index in [0.29, 0.717) is 23.3 Å². The number of ketones is 1. The third-order valence-corrected chi connectivity index (χ3v) is 6.22. The van der Waals surface area contributed by atoms with Crippen LogP contribution in [0, 0.1) is 0 Å². The van der Waals surface area contributed by atoms with Crippen molar-refractivity contribution in [3.8, 4) is 11.5 Å². The number of aromatic nitrogens is 1. The molecule has 1 amide bonds.